The third-order valence-corrected chi connectivity index (χ3v) is 12.8. The van der Waals surface area contributed by atoms with Crippen LogP contribution in [0.1, 0.15) is 56.6 Å². The van der Waals surface area contributed by atoms with Gasteiger partial charge in [0, 0.05) is 74.3 Å². The molecule has 0 radical (unpaired) electrons. The number of carbonyl (C=O) groups is 2. The molecule has 1 aromatic heterocycles. The number of carbonyl (C=O) groups excluding carboxylic acids is 2. The van der Waals surface area contributed by atoms with Crippen LogP contribution < -0.4 is 22.5 Å². The molecule has 0 unspecified atom stereocenters. The van der Waals surface area contributed by atoms with Crippen LogP contribution in [-0.2, 0) is 11.2 Å². The van der Waals surface area contributed by atoms with Gasteiger partial charge in [0.25, 0.3) is 0 Å². The molecule has 0 bridgehead atoms. The molecule has 6 rings (SSSR count). The van der Waals surface area contributed by atoms with E-state index in [1.807, 2.05) is 35.4 Å². The van der Waals surface area contributed by atoms with Gasteiger partial charge in [-0.15, -0.1) is 0 Å². The van der Waals surface area contributed by atoms with E-state index in [-0.39, 0.29) is 23.7 Å². The quantitative estimate of drug-likeness (QED) is 0.200. The van der Waals surface area contributed by atoms with Gasteiger partial charge >= 0.3 is 11.7 Å². The highest BCUT2D eigenvalue weighted by molar-refractivity contribution is 9.11. The van der Waals surface area contributed by atoms with Crippen LogP contribution in [0.25, 0.3) is 11.3 Å². The van der Waals surface area contributed by atoms with Crippen LogP contribution in [0.3, 0.4) is 0 Å². The van der Waals surface area contributed by atoms with E-state index in [0.29, 0.717) is 68.6 Å². The minimum Gasteiger partial charge on any atom is -0.397 e. The van der Waals surface area contributed by atoms with Gasteiger partial charge in [0.1, 0.15) is 6.04 Å². The Hall–Kier alpha value is -2.33. The predicted octanol–water partition coefficient (Wildman–Crippen LogP) is 6.49. The van der Waals surface area contributed by atoms with Gasteiger partial charge < -0.3 is 36.5 Å². The number of H-pyrrole nitrogens is 1. The summed E-state index contributed by atoms with van der Waals surface area (Å²) in [7, 11) is 0. The number of halogens is 4. The molecule has 6 N–H and O–H groups in total. The molecule has 11 nitrogen and oxygen atoms in total. The zero-order valence-electron chi connectivity index (χ0n) is 27.2. The van der Waals surface area contributed by atoms with Gasteiger partial charge in [0.15, 0.2) is 0 Å². The minimum atomic E-state index is -0.729. The van der Waals surface area contributed by atoms with Gasteiger partial charge in [0.2, 0.25) is 5.91 Å². The van der Waals surface area contributed by atoms with Crippen molar-refractivity contribution < 1.29 is 9.59 Å². The van der Waals surface area contributed by atoms with Crippen LogP contribution >= 0.6 is 63.7 Å². The lowest BCUT2D eigenvalue weighted by Gasteiger charge is -2.41. The van der Waals surface area contributed by atoms with Crippen molar-refractivity contribution >= 4 is 87.0 Å². The van der Waals surface area contributed by atoms with E-state index in [1.165, 1.54) is 19.3 Å². The summed E-state index contributed by atoms with van der Waals surface area (Å²) in [6.45, 7) is 4.59. The van der Waals surface area contributed by atoms with Crippen molar-refractivity contribution in [1.82, 2.24) is 29.6 Å². The van der Waals surface area contributed by atoms with E-state index >= 15 is 0 Å². The Labute approximate surface area is 320 Å². The molecule has 15 heteroatoms. The molecule has 3 fully saturated rings. The maximum atomic E-state index is 14.1. The lowest BCUT2D eigenvalue weighted by molar-refractivity contribution is -0.134. The summed E-state index contributed by atoms with van der Waals surface area (Å²) < 4.78 is 4.66. The van der Waals surface area contributed by atoms with Crippen molar-refractivity contribution in [2.45, 2.75) is 69.5 Å². The second kappa shape index (κ2) is 15.9. The number of benzene rings is 2. The summed E-state index contributed by atoms with van der Waals surface area (Å²) >= 11 is 14.0. The highest BCUT2D eigenvalue weighted by Crippen LogP contribution is 2.34. The van der Waals surface area contributed by atoms with Crippen LogP contribution in [0.15, 0.2) is 53.1 Å². The number of aromatic nitrogens is 2. The molecule has 3 aliphatic heterocycles. The SMILES string of the molecule is Nc1c(Br)cc(C[C@@H](NC(=O)N2CCC(n3cc(-c4cc(Br)c(N)c(Br)c4)[nH]c3=O)CC2)C(=O)N2CCC(N3CCCCC3)CC2)cc1Br. The number of rotatable bonds is 7. The second-order valence-corrected chi connectivity index (χ2v) is 16.7. The molecule has 49 heavy (non-hydrogen) atoms. The van der Waals surface area contributed by atoms with Crippen LogP contribution in [0, 0.1) is 0 Å². The lowest BCUT2D eigenvalue weighted by Crippen LogP contribution is -2.56. The zero-order chi connectivity index (χ0) is 34.8. The largest absolute Gasteiger partial charge is 0.397 e. The zero-order valence-corrected chi connectivity index (χ0v) is 33.5. The summed E-state index contributed by atoms with van der Waals surface area (Å²) in [5.74, 6) is -0.0586. The van der Waals surface area contributed by atoms with Crippen LogP contribution in [0.4, 0.5) is 16.2 Å². The van der Waals surface area contributed by atoms with E-state index in [2.05, 4.69) is 78.9 Å². The second-order valence-electron chi connectivity index (χ2n) is 13.3. The van der Waals surface area contributed by atoms with Crippen LogP contribution in [-0.4, -0.2) is 87.5 Å². The summed E-state index contributed by atoms with van der Waals surface area (Å²) in [5, 5.41) is 3.10. The number of amides is 3. The smallest absolute Gasteiger partial charge is 0.326 e. The fourth-order valence-corrected chi connectivity index (χ4v) is 9.77. The molecule has 0 spiro atoms. The average Bonchev–Trinajstić information content (AvgIpc) is 3.50. The third-order valence-electron chi connectivity index (χ3n) is 10.1. The highest BCUT2D eigenvalue weighted by atomic mass is 79.9. The first-order valence-electron chi connectivity index (χ1n) is 16.9. The van der Waals surface area contributed by atoms with Gasteiger partial charge in [-0.05, 0) is 145 Å². The van der Waals surface area contributed by atoms with Gasteiger partial charge in [-0.2, -0.15) is 0 Å². The number of hydrogen-bond acceptors (Lipinski definition) is 6. The Morgan fingerprint density at radius 1 is 0.776 bits per heavy atom. The first-order valence-corrected chi connectivity index (χ1v) is 20.0. The standard InChI is InChI=1S/C34H42Br4N8O3/c35-24-14-20(15-25(36)30(24)39)16-28(32(47)44-10-4-22(5-11-44)43-8-2-1-3-9-43)41-33(48)45-12-6-23(7-13-45)46-19-29(42-34(46)49)21-17-26(37)31(40)27(38)18-21/h14-15,17-19,22-23,28H,1-13,16,39-40H2,(H,41,48)(H,42,49)/t28-/m1/s1. The van der Waals surface area contributed by atoms with Crippen molar-refractivity contribution in [3.8, 4) is 11.3 Å². The maximum absolute atomic E-state index is 14.1. The Morgan fingerprint density at radius 3 is 1.90 bits per heavy atom. The number of nitrogens with one attached hydrogen (secondary N) is 2. The predicted molar refractivity (Wildman–Crippen MR) is 207 cm³/mol. The molecule has 1 atom stereocenters. The van der Waals surface area contributed by atoms with Crippen molar-refractivity contribution in [1.29, 1.82) is 0 Å². The van der Waals surface area contributed by atoms with Crippen LogP contribution in [0.2, 0.25) is 0 Å². The molecular formula is C34H42Br4N8O3. The normalized spacial score (nSPS) is 18.9. The first-order chi connectivity index (χ1) is 23.5. The topological polar surface area (TPSA) is 146 Å². The van der Waals surface area contributed by atoms with Gasteiger partial charge in [-0.25, -0.2) is 9.59 Å². The lowest BCUT2D eigenvalue weighted by atomic mass is 9.98. The van der Waals surface area contributed by atoms with Crippen LogP contribution in [0.5, 0.6) is 0 Å². The number of likely N-dealkylation sites (tertiary alicyclic amines) is 3. The van der Waals surface area contributed by atoms with E-state index in [9.17, 15) is 14.4 Å². The summed E-state index contributed by atoms with van der Waals surface area (Å²) in [4.78, 5) is 50.0. The van der Waals surface area contributed by atoms with Crippen molar-refractivity contribution in [2.24, 2.45) is 0 Å². The van der Waals surface area contributed by atoms with Gasteiger partial charge in [-0.3, -0.25) is 9.36 Å². The summed E-state index contributed by atoms with van der Waals surface area (Å²) in [5.41, 5.74) is 15.6. The average molecular weight is 930 g/mol. The number of aromatic amines is 1. The number of piperidine rings is 3. The molecule has 3 aliphatic rings. The molecule has 3 saturated heterocycles. The number of nitrogens with two attached hydrogens (primary N) is 2. The Morgan fingerprint density at radius 2 is 1.31 bits per heavy atom. The van der Waals surface area contributed by atoms with E-state index in [1.54, 1.807) is 9.47 Å². The van der Waals surface area contributed by atoms with E-state index < -0.39 is 6.04 Å². The minimum absolute atomic E-state index is 0.0586. The Balaban J connectivity index is 1.11. The van der Waals surface area contributed by atoms with Gasteiger partial charge in [0.05, 0.1) is 17.1 Å². The van der Waals surface area contributed by atoms with Gasteiger partial charge in [-0.1, -0.05) is 6.42 Å². The monoisotopic (exact) mass is 926 g/mol. The maximum Gasteiger partial charge on any atom is 0.326 e. The number of urea groups is 1. The molecule has 3 amide bonds. The van der Waals surface area contributed by atoms with E-state index in [4.69, 9.17) is 11.5 Å². The first kappa shape index (κ1) is 36.5. The fourth-order valence-electron chi connectivity index (χ4n) is 7.30. The van der Waals surface area contributed by atoms with E-state index in [0.717, 1.165) is 54.9 Å². The number of imidazole rings is 1. The van der Waals surface area contributed by atoms with Crippen molar-refractivity contribution in [3.63, 3.8) is 0 Å². The van der Waals surface area contributed by atoms with Crippen molar-refractivity contribution in [3.05, 3.63) is 64.4 Å². The fraction of sp³-hybridized carbons (Fsp3) is 0.500. The summed E-state index contributed by atoms with van der Waals surface area (Å²) in [6.07, 6.45) is 9.10. The molecule has 0 aliphatic carbocycles. The Kier molecular flexibility index (Phi) is 11.8. The molecule has 2 aromatic carbocycles. The number of nitrogens with zero attached hydrogens (tertiary/aromatic N) is 4. The number of nitrogen functional groups attached to an aromatic ring is 2. The summed E-state index contributed by atoms with van der Waals surface area (Å²) in [6, 6.07) is 7.01. The number of hydrogen-bond donors (Lipinski definition) is 4. The highest BCUT2D eigenvalue weighted by Gasteiger charge is 2.34. The molecule has 264 valence electrons. The molecule has 3 aromatic rings. The molecular weight excluding hydrogens is 888 g/mol. The Bertz CT molecular complexity index is 1690. The van der Waals surface area contributed by atoms with Crippen molar-refractivity contribution in [2.75, 3.05) is 50.7 Å². The number of anilines is 2. The molecule has 0 saturated carbocycles. The molecule has 4 heterocycles. The third kappa shape index (κ3) is 8.43.